The fourth-order valence-electron chi connectivity index (χ4n) is 2.02. The van der Waals surface area contributed by atoms with Crippen LogP contribution in [0.2, 0.25) is 0 Å². The van der Waals surface area contributed by atoms with Crippen molar-refractivity contribution in [3.63, 3.8) is 0 Å². The summed E-state index contributed by atoms with van der Waals surface area (Å²) in [4.78, 5) is 24.4. The Bertz CT molecular complexity index is 503. The summed E-state index contributed by atoms with van der Waals surface area (Å²) in [6, 6.07) is 1.43. The molecule has 2 heterocycles. The van der Waals surface area contributed by atoms with Gasteiger partial charge >= 0.3 is 5.97 Å². The number of aromatic carboxylic acids is 1. The standard InChI is InChI=1S/C13H17NO6/c1-8-10(13(16)17)5-9(20-8)6-14(2)12(15)11-7-18-3-4-19-11/h5,11H,3-4,6-7H2,1-2H3,(H,16,17)/t11-/m1/s1. The van der Waals surface area contributed by atoms with Crippen LogP contribution in [-0.2, 0) is 20.8 Å². The van der Waals surface area contributed by atoms with Crippen molar-refractivity contribution in [1.29, 1.82) is 0 Å². The van der Waals surface area contributed by atoms with Gasteiger partial charge in [-0.2, -0.15) is 0 Å². The maximum absolute atomic E-state index is 12.1. The van der Waals surface area contributed by atoms with Crippen LogP contribution in [0.25, 0.3) is 0 Å². The Labute approximate surface area is 116 Å². The molecule has 1 aromatic rings. The number of carbonyl (C=O) groups is 2. The van der Waals surface area contributed by atoms with Crippen molar-refractivity contribution in [2.75, 3.05) is 26.9 Å². The Hall–Kier alpha value is -1.86. The lowest BCUT2D eigenvalue weighted by molar-refractivity contribution is -0.157. The number of amides is 1. The van der Waals surface area contributed by atoms with Crippen molar-refractivity contribution in [3.05, 3.63) is 23.2 Å². The van der Waals surface area contributed by atoms with Crippen LogP contribution < -0.4 is 0 Å². The van der Waals surface area contributed by atoms with E-state index in [1.165, 1.54) is 11.0 Å². The van der Waals surface area contributed by atoms with Crippen LogP contribution in [0, 0.1) is 6.92 Å². The minimum Gasteiger partial charge on any atom is -0.478 e. The van der Waals surface area contributed by atoms with Gasteiger partial charge in [0.05, 0.1) is 26.4 Å². The molecule has 0 unspecified atom stereocenters. The van der Waals surface area contributed by atoms with Crippen LogP contribution in [0.5, 0.6) is 0 Å². The lowest BCUT2D eigenvalue weighted by Crippen LogP contribution is -2.43. The number of nitrogens with zero attached hydrogens (tertiary/aromatic N) is 1. The summed E-state index contributed by atoms with van der Waals surface area (Å²) in [6.07, 6.45) is -0.608. The van der Waals surface area contributed by atoms with Crippen LogP contribution in [0.4, 0.5) is 0 Å². The smallest absolute Gasteiger partial charge is 0.339 e. The van der Waals surface area contributed by atoms with Gasteiger partial charge in [0.15, 0.2) is 6.10 Å². The third-order valence-corrected chi connectivity index (χ3v) is 3.06. The highest BCUT2D eigenvalue weighted by atomic mass is 16.6. The monoisotopic (exact) mass is 283 g/mol. The summed E-state index contributed by atoms with van der Waals surface area (Å²) < 4.78 is 15.8. The van der Waals surface area contributed by atoms with E-state index in [1.807, 2.05) is 0 Å². The first-order valence-electron chi connectivity index (χ1n) is 6.26. The van der Waals surface area contributed by atoms with E-state index in [0.717, 1.165) is 0 Å². The fraction of sp³-hybridized carbons (Fsp3) is 0.538. The summed E-state index contributed by atoms with van der Waals surface area (Å²) in [5.74, 6) is -0.510. The zero-order valence-electron chi connectivity index (χ0n) is 11.4. The molecule has 1 atom stereocenters. The van der Waals surface area contributed by atoms with E-state index >= 15 is 0 Å². The van der Waals surface area contributed by atoms with Gasteiger partial charge in [0.25, 0.3) is 5.91 Å². The number of carboxylic acids is 1. The number of carboxylic acid groups (broad SMARTS) is 1. The Balaban J connectivity index is 1.99. The molecule has 1 saturated heterocycles. The van der Waals surface area contributed by atoms with Crippen molar-refractivity contribution in [2.45, 2.75) is 19.6 Å². The van der Waals surface area contributed by atoms with Gasteiger partial charge in [-0.3, -0.25) is 4.79 Å². The molecule has 0 saturated carbocycles. The van der Waals surface area contributed by atoms with E-state index < -0.39 is 12.1 Å². The molecule has 7 nitrogen and oxygen atoms in total. The minimum atomic E-state index is -1.05. The van der Waals surface area contributed by atoms with Gasteiger partial charge in [0.1, 0.15) is 17.1 Å². The molecule has 1 amide bonds. The van der Waals surface area contributed by atoms with Crippen LogP contribution in [0.3, 0.4) is 0 Å². The zero-order chi connectivity index (χ0) is 14.7. The highest BCUT2D eigenvalue weighted by Crippen LogP contribution is 2.16. The van der Waals surface area contributed by atoms with Crippen molar-refractivity contribution in [3.8, 4) is 0 Å². The zero-order valence-corrected chi connectivity index (χ0v) is 11.4. The quantitative estimate of drug-likeness (QED) is 0.873. The lowest BCUT2D eigenvalue weighted by atomic mass is 10.2. The normalized spacial score (nSPS) is 18.8. The SMILES string of the molecule is Cc1oc(CN(C)C(=O)[C@H]2COCCO2)cc1C(=O)O. The molecule has 0 bridgehead atoms. The summed E-state index contributed by atoms with van der Waals surface area (Å²) in [5.41, 5.74) is 0.109. The van der Waals surface area contributed by atoms with Crippen LogP contribution >= 0.6 is 0 Å². The number of furan rings is 1. The minimum absolute atomic E-state index is 0.109. The molecule has 1 N–H and O–H groups in total. The molecular weight excluding hydrogens is 266 g/mol. The summed E-state index contributed by atoms with van der Waals surface area (Å²) in [5, 5.41) is 8.95. The first kappa shape index (κ1) is 14.5. The third kappa shape index (κ3) is 3.17. The average molecular weight is 283 g/mol. The molecular formula is C13H17NO6. The first-order chi connectivity index (χ1) is 9.49. The van der Waals surface area contributed by atoms with Crippen LogP contribution in [-0.4, -0.2) is 54.9 Å². The van der Waals surface area contributed by atoms with E-state index in [9.17, 15) is 9.59 Å². The number of carbonyl (C=O) groups excluding carboxylic acids is 1. The molecule has 0 spiro atoms. The second kappa shape index (κ2) is 6.06. The van der Waals surface area contributed by atoms with Gasteiger partial charge in [-0.25, -0.2) is 4.79 Å². The molecule has 2 rings (SSSR count). The highest BCUT2D eigenvalue weighted by Gasteiger charge is 2.26. The Morgan fingerprint density at radius 2 is 2.20 bits per heavy atom. The average Bonchev–Trinajstić information content (AvgIpc) is 2.79. The maximum atomic E-state index is 12.1. The number of ether oxygens (including phenoxy) is 2. The summed E-state index contributed by atoms with van der Waals surface area (Å²) in [7, 11) is 1.61. The predicted molar refractivity (Wildman–Crippen MR) is 67.4 cm³/mol. The molecule has 1 aliphatic rings. The Kier molecular flexibility index (Phi) is 4.41. The maximum Gasteiger partial charge on any atom is 0.339 e. The van der Waals surface area contributed by atoms with E-state index in [0.29, 0.717) is 24.7 Å². The Morgan fingerprint density at radius 3 is 2.75 bits per heavy atom. The highest BCUT2D eigenvalue weighted by molar-refractivity contribution is 5.88. The Morgan fingerprint density at radius 1 is 1.45 bits per heavy atom. The van der Waals surface area contributed by atoms with Crippen LogP contribution in [0.1, 0.15) is 21.9 Å². The van der Waals surface area contributed by atoms with E-state index in [2.05, 4.69) is 0 Å². The summed E-state index contributed by atoms with van der Waals surface area (Å²) >= 11 is 0. The lowest BCUT2D eigenvalue weighted by Gasteiger charge is -2.26. The molecule has 20 heavy (non-hydrogen) atoms. The van der Waals surface area contributed by atoms with E-state index in [4.69, 9.17) is 19.0 Å². The second-order valence-corrected chi connectivity index (χ2v) is 4.62. The molecule has 1 aromatic heterocycles. The van der Waals surface area contributed by atoms with Gasteiger partial charge in [-0.1, -0.05) is 0 Å². The van der Waals surface area contributed by atoms with E-state index in [1.54, 1.807) is 14.0 Å². The number of rotatable bonds is 4. The molecule has 1 fully saturated rings. The fourth-order valence-corrected chi connectivity index (χ4v) is 2.02. The van der Waals surface area contributed by atoms with Crippen molar-refractivity contribution < 1.29 is 28.6 Å². The van der Waals surface area contributed by atoms with Crippen LogP contribution in [0.15, 0.2) is 10.5 Å². The molecule has 1 aliphatic heterocycles. The van der Waals surface area contributed by atoms with Gasteiger partial charge < -0.3 is 23.9 Å². The predicted octanol–water partition coefficient (Wildman–Crippen LogP) is 0.660. The summed E-state index contributed by atoms with van der Waals surface area (Å²) in [6.45, 7) is 2.89. The van der Waals surface area contributed by atoms with Gasteiger partial charge in [-0.15, -0.1) is 0 Å². The van der Waals surface area contributed by atoms with Crippen molar-refractivity contribution in [2.24, 2.45) is 0 Å². The number of likely N-dealkylation sites (N-methyl/N-ethyl adjacent to an activating group) is 1. The van der Waals surface area contributed by atoms with Crippen molar-refractivity contribution in [1.82, 2.24) is 4.90 Å². The second-order valence-electron chi connectivity index (χ2n) is 4.62. The number of hydrogen-bond donors (Lipinski definition) is 1. The van der Waals surface area contributed by atoms with E-state index in [-0.39, 0.29) is 24.6 Å². The molecule has 0 aromatic carbocycles. The van der Waals surface area contributed by atoms with Crippen molar-refractivity contribution >= 4 is 11.9 Å². The molecule has 110 valence electrons. The van der Waals surface area contributed by atoms with Gasteiger partial charge in [-0.05, 0) is 13.0 Å². The topological polar surface area (TPSA) is 89.2 Å². The van der Waals surface area contributed by atoms with Gasteiger partial charge in [0.2, 0.25) is 0 Å². The first-order valence-corrected chi connectivity index (χ1v) is 6.26. The molecule has 7 heteroatoms. The largest absolute Gasteiger partial charge is 0.478 e. The number of aryl methyl sites for hydroxylation is 1. The third-order valence-electron chi connectivity index (χ3n) is 3.06. The van der Waals surface area contributed by atoms with Gasteiger partial charge in [0, 0.05) is 7.05 Å². The number of hydrogen-bond acceptors (Lipinski definition) is 5. The molecule has 0 aliphatic carbocycles. The molecule has 0 radical (unpaired) electrons.